The van der Waals surface area contributed by atoms with Crippen LogP contribution >= 0.6 is 0 Å². The van der Waals surface area contributed by atoms with Crippen LogP contribution in [0.3, 0.4) is 0 Å². The zero-order valence-corrected chi connectivity index (χ0v) is 9.65. The highest BCUT2D eigenvalue weighted by molar-refractivity contribution is 6.41. The molecule has 0 aliphatic carbocycles. The van der Waals surface area contributed by atoms with Gasteiger partial charge < -0.3 is 13.6 Å². The van der Waals surface area contributed by atoms with E-state index < -0.39 is 9.45 Å². The minimum Gasteiger partial charge on any atom is -0.385 e. The Morgan fingerprint density at radius 1 is 1.15 bits per heavy atom. The van der Waals surface area contributed by atoms with Gasteiger partial charge in [-0.05, 0) is 13.8 Å². The summed E-state index contributed by atoms with van der Waals surface area (Å²) in [6.45, 7) is 9.04. The van der Waals surface area contributed by atoms with E-state index in [0.29, 0.717) is 0 Å². The molecule has 4 nitrogen and oxygen atoms in total. The molecular weight excluding hydrogens is 186 g/mol. The molecule has 1 fully saturated rings. The average Bonchev–Trinajstić information content (AvgIpc) is 2.19. The van der Waals surface area contributed by atoms with Crippen molar-refractivity contribution >= 4 is 9.45 Å². The van der Waals surface area contributed by atoms with Crippen molar-refractivity contribution in [2.45, 2.75) is 13.8 Å². The summed E-state index contributed by atoms with van der Waals surface area (Å²) in [5.74, 6) is 0. The smallest absolute Gasteiger partial charge is 0.385 e. The molecule has 78 valence electrons. The van der Waals surface area contributed by atoms with Crippen LogP contribution < -0.4 is 0 Å². The van der Waals surface area contributed by atoms with Gasteiger partial charge in [-0.15, -0.1) is 0 Å². The molecule has 0 spiro atoms. The van der Waals surface area contributed by atoms with Gasteiger partial charge in [0.2, 0.25) is 0 Å². The Kier molecular flexibility index (Phi) is 5.57. The normalized spacial score (nSPS) is 19.6. The Morgan fingerprint density at radius 3 is 2.15 bits per heavy atom. The van der Waals surface area contributed by atoms with Gasteiger partial charge in [-0.1, -0.05) is 0 Å². The zero-order valence-electron chi connectivity index (χ0n) is 8.49. The number of rotatable bonds is 5. The molecule has 0 amide bonds. The highest BCUT2D eigenvalue weighted by atomic mass is 28.3. The lowest BCUT2D eigenvalue weighted by Crippen LogP contribution is -2.50. The van der Waals surface area contributed by atoms with Crippen molar-refractivity contribution in [3.05, 3.63) is 0 Å². The average molecular weight is 205 g/mol. The van der Waals surface area contributed by atoms with Crippen molar-refractivity contribution in [3.8, 4) is 0 Å². The van der Waals surface area contributed by atoms with Crippen LogP contribution in [0.1, 0.15) is 13.8 Å². The van der Waals surface area contributed by atoms with Gasteiger partial charge in [0, 0.05) is 26.3 Å². The minimum atomic E-state index is -1.56. The fourth-order valence-electron chi connectivity index (χ4n) is 1.33. The number of hydrogen-bond donors (Lipinski definition) is 0. The molecule has 0 saturated carbocycles. The summed E-state index contributed by atoms with van der Waals surface area (Å²) in [7, 11) is -1.56. The number of nitrogens with zero attached hydrogens (tertiary/aromatic N) is 1. The van der Waals surface area contributed by atoms with E-state index in [2.05, 4.69) is 4.57 Å². The monoisotopic (exact) mass is 205 g/mol. The Balaban J connectivity index is 2.32. The van der Waals surface area contributed by atoms with E-state index in [9.17, 15) is 0 Å². The van der Waals surface area contributed by atoms with Crippen molar-refractivity contribution in [3.63, 3.8) is 0 Å². The van der Waals surface area contributed by atoms with Crippen LogP contribution in [-0.2, 0) is 13.6 Å². The van der Waals surface area contributed by atoms with E-state index in [-0.39, 0.29) is 0 Å². The third kappa shape index (κ3) is 3.74. The van der Waals surface area contributed by atoms with E-state index in [4.69, 9.17) is 13.6 Å². The molecule has 0 unspecified atom stereocenters. The Morgan fingerprint density at radius 2 is 1.69 bits per heavy atom. The van der Waals surface area contributed by atoms with Crippen LogP contribution in [0.4, 0.5) is 0 Å². The zero-order chi connectivity index (χ0) is 9.52. The summed E-state index contributed by atoms with van der Waals surface area (Å²) in [4.78, 5) is 0. The van der Waals surface area contributed by atoms with Gasteiger partial charge in [-0.25, -0.2) is 0 Å². The first kappa shape index (κ1) is 11.1. The highest BCUT2D eigenvalue weighted by Crippen LogP contribution is 2.03. The van der Waals surface area contributed by atoms with Gasteiger partial charge in [0.25, 0.3) is 0 Å². The van der Waals surface area contributed by atoms with E-state index >= 15 is 0 Å². The van der Waals surface area contributed by atoms with E-state index in [1.54, 1.807) is 0 Å². The van der Waals surface area contributed by atoms with Crippen molar-refractivity contribution in [1.29, 1.82) is 0 Å². The summed E-state index contributed by atoms with van der Waals surface area (Å²) in [5, 5.41) is 0. The van der Waals surface area contributed by atoms with Gasteiger partial charge in [0.05, 0.1) is 13.2 Å². The maximum absolute atomic E-state index is 5.61. The molecule has 0 atom stereocenters. The molecule has 0 aromatic carbocycles. The maximum atomic E-state index is 5.61. The molecule has 1 heterocycles. The predicted octanol–water partition coefficient (Wildman–Crippen LogP) is 0.109. The first-order valence-corrected chi connectivity index (χ1v) is 6.39. The predicted molar refractivity (Wildman–Crippen MR) is 52.8 cm³/mol. The van der Waals surface area contributed by atoms with Gasteiger partial charge >= 0.3 is 9.45 Å². The second kappa shape index (κ2) is 6.50. The molecule has 1 rings (SSSR count). The topological polar surface area (TPSA) is 30.9 Å². The van der Waals surface area contributed by atoms with Crippen molar-refractivity contribution in [1.82, 2.24) is 4.57 Å². The minimum absolute atomic E-state index is 0.744. The van der Waals surface area contributed by atoms with Gasteiger partial charge in [0.15, 0.2) is 0 Å². The molecular formula is C8H19NO3Si. The molecule has 1 aliphatic heterocycles. The fourth-order valence-corrected chi connectivity index (χ4v) is 3.05. The largest absolute Gasteiger partial charge is 0.411 e. The Bertz CT molecular complexity index is 125. The van der Waals surface area contributed by atoms with Crippen LogP contribution in [0.15, 0.2) is 0 Å². The molecule has 1 aliphatic rings. The summed E-state index contributed by atoms with van der Waals surface area (Å²) in [6, 6.07) is 0. The second-order valence-corrected chi connectivity index (χ2v) is 4.88. The van der Waals surface area contributed by atoms with Gasteiger partial charge in [-0.3, -0.25) is 4.57 Å². The molecule has 5 heteroatoms. The van der Waals surface area contributed by atoms with Crippen molar-refractivity contribution in [2.24, 2.45) is 0 Å². The van der Waals surface area contributed by atoms with Crippen LogP contribution in [0.25, 0.3) is 0 Å². The highest BCUT2D eigenvalue weighted by Gasteiger charge is 2.24. The first-order valence-electron chi connectivity index (χ1n) is 4.93. The number of ether oxygens (including phenoxy) is 1. The molecule has 0 radical (unpaired) electrons. The van der Waals surface area contributed by atoms with Crippen LogP contribution in [0.5, 0.6) is 0 Å². The molecule has 0 N–H and O–H groups in total. The molecule has 1 saturated heterocycles. The Labute approximate surface area is 81.7 Å². The lowest BCUT2D eigenvalue weighted by atomic mass is 10.5. The van der Waals surface area contributed by atoms with Crippen LogP contribution in [0, 0.1) is 0 Å². The van der Waals surface area contributed by atoms with Gasteiger partial charge in [-0.2, -0.15) is 0 Å². The number of hydrogen-bond acceptors (Lipinski definition) is 4. The van der Waals surface area contributed by atoms with E-state index in [1.807, 2.05) is 13.8 Å². The maximum Gasteiger partial charge on any atom is 0.411 e. The quantitative estimate of drug-likeness (QED) is 0.596. The third-order valence-electron chi connectivity index (χ3n) is 1.96. The lowest BCUT2D eigenvalue weighted by molar-refractivity contribution is 0.0437. The van der Waals surface area contributed by atoms with Crippen molar-refractivity contribution < 1.29 is 13.6 Å². The SMILES string of the molecule is CCO[SiH](OCC)N1CCOCC1. The van der Waals surface area contributed by atoms with Crippen molar-refractivity contribution in [2.75, 3.05) is 39.5 Å². The number of morpholine rings is 1. The molecule has 0 aromatic heterocycles. The fraction of sp³-hybridized carbons (Fsp3) is 1.00. The second-order valence-electron chi connectivity index (χ2n) is 2.87. The van der Waals surface area contributed by atoms with Crippen LogP contribution in [-0.4, -0.2) is 53.5 Å². The summed E-state index contributed by atoms with van der Waals surface area (Å²) in [5.41, 5.74) is 0. The molecule has 13 heavy (non-hydrogen) atoms. The Hall–Kier alpha value is 0.0569. The standard InChI is InChI=1S/C8H19NO3Si/c1-3-11-13(12-4-2)9-5-7-10-8-6-9/h13H,3-8H2,1-2H3. The lowest BCUT2D eigenvalue weighted by Gasteiger charge is -2.31. The summed E-state index contributed by atoms with van der Waals surface area (Å²) in [6.07, 6.45) is 0. The first-order chi connectivity index (χ1) is 6.38. The van der Waals surface area contributed by atoms with Crippen LogP contribution in [0.2, 0.25) is 0 Å². The molecule has 0 aromatic rings. The van der Waals surface area contributed by atoms with Gasteiger partial charge in [0.1, 0.15) is 0 Å². The summed E-state index contributed by atoms with van der Waals surface area (Å²) < 4.78 is 18.8. The molecule has 0 bridgehead atoms. The summed E-state index contributed by atoms with van der Waals surface area (Å²) >= 11 is 0. The van der Waals surface area contributed by atoms with E-state index in [1.165, 1.54) is 0 Å². The van der Waals surface area contributed by atoms with E-state index in [0.717, 1.165) is 39.5 Å². The third-order valence-corrected chi connectivity index (χ3v) is 4.31.